The Labute approximate surface area is 283 Å². The topological polar surface area (TPSA) is 159 Å². The lowest BCUT2D eigenvalue weighted by Gasteiger charge is -2.28. The Morgan fingerprint density at radius 3 is 2.24 bits per heavy atom. The zero-order valence-electron chi connectivity index (χ0n) is 26.8. The number of hydrogen-bond donors (Lipinski definition) is 3. The van der Waals surface area contributed by atoms with Crippen LogP contribution in [0.5, 0.6) is 0 Å². The number of carboxylic acids is 2. The summed E-state index contributed by atoms with van der Waals surface area (Å²) >= 11 is 0. The van der Waals surface area contributed by atoms with Gasteiger partial charge >= 0.3 is 18.1 Å². The molecule has 2 aromatic carbocycles. The summed E-state index contributed by atoms with van der Waals surface area (Å²) in [6, 6.07) is 19.6. The third-order valence-electron chi connectivity index (χ3n) is 7.64. The number of halogens is 3. The summed E-state index contributed by atoms with van der Waals surface area (Å²) in [5.74, 6) is 1.86. The molecule has 1 aliphatic rings. The molecule has 1 aliphatic heterocycles. The van der Waals surface area contributed by atoms with Crippen LogP contribution in [0.1, 0.15) is 35.6 Å². The van der Waals surface area contributed by atoms with Crippen LogP contribution in [-0.2, 0) is 14.3 Å². The number of ether oxygens (including phenoxy) is 1. The van der Waals surface area contributed by atoms with E-state index in [-0.39, 0.29) is 5.92 Å². The van der Waals surface area contributed by atoms with Crippen molar-refractivity contribution in [2.24, 2.45) is 5.92 Å². The number of aromatic nitrogens is 4. The van der Waals surface area contributed by atoms with E-state index in [0.29, 0.717) is 41.5 Å². The average Bonchev–Trinajstić information content (AvgIpc) is 3.48. The van der Waals surface area contributed by atoms with Gasteiger partial charge in [-0.25, -0.2) is 24.1 Å². The summed E-state index contributed by atoms with van der Waals surface area (Å²) in [7, 11) is 0. The number of alkyl halides is 3. The molecule has 3 N–H and O–H groups in total. The smallest absolute Gasteiger partial charge is 0.480 e. The molecule has 1 fully saturated rings. The van der Waals surface area contributed by atoms with Crippen LogP contribution in [0.3, 0.4) is 0 Å². The number of fused-ring (bicyclic) bond motifs is 2. The Hall–Kier alpha value is -6.01. The summed E-state index contributed by atoms with van der Waals surface area (Å²) in [5.41, 5.74) is 5.37. The maximum Gasteiger partial charge on any atom is 0.490 e. The number of imidazole rings is 1. The van der Waals surface area contributed by atoms with Gasteiger partial charge in [0.05, 0.1) is 30.6 Å². The summed E-state index contributed by atoms with van der Waals surface area (Å²) in [4.78, 5) is 45.2. The number of nitrogens with one attached hydrogen (secondary N) is 1. The number of morpholine rings is 1. The first-order valence-electron chi connectivity index (χ1n) is 15.4. The van der Waals surface area contributed by atoms with Crippen molar-refractivity contribution in [3.8, 4) is 23.1 Å². The molecule has 4 heterocycles. The van der Waals surface area contributed by atoms with Crippen molar-refractivity contribution < 1.29 is 42.5 Å². The van der Waals surface area contributed by atoms with Crippen molar-refractivity contribution in [3.63, 3.8) is 0 Å². The molecule has 0 aliphatic carbocycles. The van der Waals surface area contributed by atoms with Crippen LogP contribution >= 0.6 is 0 Å². The molecule has 0 spiro atoms. The number of para-hydroxylation sites is 1. The Balaban J connectivity index is 0.000000630. The fourth-order valence-corrected chi connectivity index (χ4v) is 5.11. The van der Waals surface area contributed by atoms with E-state index in [4.69, 9.17) is 19.6 Å². The van der Waals surface area contributed by atoms with Gasteiger partial charge in [-0.05, 0) is 48.1 Å². The molecule has 258 valence electrons. The highest BCUT2D eigenvalue weighted by molar-refractivity contribution is 5.97. The molecular formula is C35H31F3N6O6. The van der Waals surface area contributed by atoms with Crippen LogP contribution in [0.2, 0.25) is 0 Å². The highest BCUT2D eigenvalue weighted by Gasteiger charge is 2.38. The highest BCUT2D eigenvalue weighted by Crippen LogP contribution is 2.30. The van der Waals surface area contributed by atoms with Crippen molar-refractivity contribution in [1.29, 1.82) is 0 Å². The number of carbonyl (C=O) groups is 3. The first-order chi connectivity index (χ1) is 23.8. The zero-order valence-corrected chi connectivity index (χ0v) is 26.8. The number of hydrogen-bond acceptors (Lipinski definition) is 8. The Morgan fingerprint density at radius 1 is 0.920 bits per heavy atom. The monoisotopic (exact) mass is 688 g/mol. The summed E-state index contributed by atoms with van der Waals surface area (Å²) in [5, 5.41) is 24.9. The maximum absolute atomic E-state index is 12.9. The van der Waals surface area contributed by atoms with Gasteiger partial charge < -0.3 is 25.2 Å². The molecule has 3 aromatic heterocycles. The van der Waals surface area contributed by atoms with E-state index in [1.807, 2.05) is 42.5 Å². The van der Waals surface area contributed by atoms with Crippen molar-refractivity contribution in [1.82, 2.24) is 24.9 Å². The quantitative estimate of drug-likeness (QED) is 0.214. The van der Waals surface area contributed by atoms with Crippen molar-refractivity contribution >= 4 is 40.1 Å². The van der Waals surface area contributed by atoms with E-state index in [2.05, 4.69) is 32.1 Å². The van der Waals surface area contributed by atoms with Crippen molar-refractivity contribution in [2.45, 2.75) is 26.1 Å². The van der Waals surface area contributed by atoms with Crippen molar-refractivity contribution in [2.75, 3.05) is 31.2 Å². The maximum atomic E-state index is 12.9. The lowest BCUT2D eigenvalue weighted by atomic mass is 10.0. The Morgan fingerprint density at radius 2 is 1.60 bits per heavy atom. The molecule has 5 aromatic rings. The molecule has 1 amide bonds. The number of aliphatic carboxylic acids is 2. The van der Waals surface area contributed by atoms with Crippen LogP contribution in [0, 0.1) is 17.8 Å². The minimum Gasteiger partial charge on any atom is -0.480 e. The molecule has 15 heteroatoms. The SMILES string of the molecule is CC(C)[C@H](NC(=O)c1ccc(-c2c(C#Cc3ccc4ccccc4n3)nc3c(N4CCOCC4)ccnn23)cc1)C(=O)O.O=C(O)C(F)(F)F. The first kappa shape index (κ1) is 35.3. The van der Waals surface area contributed by atoms with Gasteiger partial charge in [0.2, 0.25) is 0 Å². The van der Waals surface area contributed by atoms with Gasteiger partial charge in [0.25, 0.3) is 5.91 Å². The number of pyridine rings is 1. The molecule has 12 nitrogen and oxygen atoms in total. The number of anilines is 1. The molecule has 1 saturated heterocycles. The summed E-state index contributed by atoms with van der Waals surface area (Å²) in [6.45, 7) is 6.24. The Kier molecular flexibility index (Phi) is 10.6. The molecular weight excluding hydrogens is 657 g/mol. The number of amides is 1. The van der Waals surface area contributed by atoms with Gasteiger partial charge in [0.15, 0.2) is 5.65 Å². The number of rotatable bonds is 6. The van der Waals surface area contributed by atoms with Gasteiger partial charge in [-0.15, -0.1) is 0 Å². The third kappa shape index (κ3) is 8.16. The van der Waals surface area contributed by atoms with Crippen LogP contribution in [0.4, 0.5) is 18.9 Å². The van der Waals surface area contributed by atoms with Crippen LogP contribution in [0.15, 0.2) is 72.9 Å². The minimum absolute atomic E-state index is 0.260. The standard InChI is InChI=1S/C33H30N6O4.C2HF3O2/c1-21(2)29(33(41)42)37-32(40)24-9-7-23(8-10-24)30-27(14-13-25-12-11-22-5-3-4-6-26(22)35-25)36-31-28(15-16-34-39(30)31)38-17-19-43-20-18-38;3-2(4,5)1(6)7/h3-12,15-16,21,29H,17-20H2,1-2H3,(H,37,40)(H,41,42);(H,6,7)/t29-;/m0./s1. The van der Waals surface area contributed by atoms with Crippen molar-refractivity contribution in [3.05, 3.63) is 89.9 Å². The van der Waals surface area contributed by atoms with E-state index in [1.54, 1.807) is 48.8 Å². The highest BCUT2D eigenvalue weighted by atomic mass is 19.4. The second-order valence-corrected chi connectivity index (χ2v) is 11.4. The van der Waals surface area contributed by atoms with Gasteiger partial charge in [-0.3, -0.25) is 4.79 Å². The molecule has 0 unspecified atom stereocenters. The van der Waals surface area contributed by atoms with Gasteiger partial charge in [-0.1, -0.05) is 50.2 Å². The van der Waals surface area contributed by atoms with E-state index in [9.17, 15) is 27.9 Å². The molecule has 0 saturated carbocycles. The van der Waals surface area contributed by atoms with Gasteiger partial charge in [0.1, 0.15) is 23.1 Å². The van der Waals surface area contributed by atoms with Crippen LogP contribution < -0.4 is 10.2 Å². The molecule has 6 rings (SSSR count). The fourth-order valence-electron chi connectivity index (χ4n) is 5.11. The number of carbonyl (C=O) groups excluding carboxylic acids is 1. The minimum atomic E-state index is -5.08. The predicted molar refractivity (Wildman–Crippen MR) is 177 cm³/mol. The lowest BCUT2D eigenvalue weighted by Crippen LogP contribution is -2.44. The first-order valence-corrected chi connectivity index (χ1v) is 15.4. The number of nitrogens with zero attached hydrogens (tertiary/aromatic N) is 5. The molecule has 50 heavy (non-hydrogen) atoms. The van der Waals surface area contributed by atoms with Crippen LogP contribution in [0.25, 0.3) is 27.8 Å². The molecule has 1 atom stereocenters. The third-order valence-corrected chi connectivity index (χ3v) is 7.64. The molecule has 0 radical (unpaired) electrons. The summed E-state index contributed by atoms with van der Waals surface area (Å²) in [6.07, 6.45) is -3.34. The zero-order chi connectivity index (χ0) is 36.0. The Bertz CT molecular complexity index is 2100. The van der Waals surface area contributed by atoms with Gasteiger partial charge in [-0.2, -0.15) is 18.3 Å². The normalized spacial score (nSPS) is 13.6. The van der Waals surface area contributed by atoms with E-state index >= 15 is 0 Å². The molecule has 0 bridgehead atoms. The van der Waals surface area contributed by atoms with E-state index in [0.717, 1.165) is 35.2 Å². The summed E-state index contributed by atoms with van der Waals surface area (Å²) < 4.78 is 39.1. The number of benzene rings is 2. The largest absolute Gasteiger partial charge is 0.490 e. The number of carboxylic acid groups (broad SMARTS) is 2. The lowest BCUT2D eigenvalue weighted by molar-refractivity contribution is -0.192. The second kappa shape index (κ2) is 15.0. The van der Waals surface area contributed by atoms with E-state index < -0.39 is 30.1 Å². The predicted octanol–water partition coefficient (Wildman–Crippen LogP) is 4.65. The van der Waals surface area contributed by atoms with Crippen LogP contribution in [-0.4, -0.2) is 86.2 Å². The van der Waals surface area contributed by atoms with Gasteiger partial charge in [0, 0.05) is 29.6 Å². The average molecular weight is 689 g/mol. The van der Waals surface area contributed by atoms with E-state index in [1.165, 1.54) is 0 Å². The second-order valence-electron chi connectivity index (χ2n) is 11.4. The fraction of sp³-hybridized carbons (Fsp3) is 0.257.